The van der Waals surface area contributed by atoms with Gasteiger partial charge in [-0.25, -0.2) is 19.0 Å². The van der Waals surface area contributed by atoms with Gasteiger partial charge >= 0.3 is 12.2 Å². The first-order valence-corrected chi connectivity index (χ1v) is 15.7. The van der Waals surface area contributed by atoms with E-state index in [9.17, 15) is 14.9 Å². The Hall–Kier alpha value is -4.46. The van der Waals surface area contributed by atoms with Crippen LogP contribution in [0.25, 0.3) is 5.52 Å². The van der Waals surface area contributed by atoms with Crippen molar-refractivity contribution in [1.82, 2.24) is 14.5 Å². The van der Waals surface area contributed by atoms with E-state index in [1.165, 1.54) is 4.90 Å². The Kier molecular flexibility index (Phi) is 10.2. The van der Waals surface area contributed by atoms with E-state index in [1.807, 2.05) is 79.7 Å². The van der Waals surface area contributed by atoms with E-state index in [0.29, 0.717) is 60.1 Å². The first kappa shape index (κ1) is 33.4. The highest BCUT2D eigenvalue weighted by Crippen LogP contribution is 2.40. The number of fused-ring (bicyclic) bond motifs is 1. The maximum atomic E-state index is 14.1. The number of pyridine rings is 1. The lowest BCUT2D eigenvalue weighted by Gasteiger charge is -2.36. The van der Waals surface area contributed by atoms with Crippen LogP contribution in [0.4, 0.5) is 26.8 Å². The number of rotatable bonds is 8. The zero-order chi connectivity index (χ0) is 32.9. The molecule has 1 fully saturated rings. The number of carbonyl (C=O) groups is 2. The number of benzene rings is 1. The molecule has 4 rings (SSSR count). The molecule has 3 heterocycles. The number of anilines is 3. The van der Waals surface area contributed by atoms with Crippen molar-refractivity contribution >= 4 is 34.9 Å². The summed E-state index contributed by atoms with van der Waals surface area (Å²) in [4.78, 5) is 30.2. The second kappa shape index (κ2) is 13.7. The van der Waals surface area contributed by atoms with Gasteiger partial charge in [0, 0.05) is 24.7 Å². The summed E-state index contributed by atoms with van der Waals surface area (Å²) in [6.45, 7) is 16.5. The van der Waals surface area contributed by atoms with Crippen LogP contribution in [0.3, 0.4) is 0 Å². The van der Waals surface area contributed by atoms with Crippen molar-refractivity contribution in [3.05, 3.63) is 47.7 Å². The van der Waals surface area contributed by atoms with Crippen LogP contribution in [0.5, 0.6) is 5.75 Å². The van der Waals surface area contributed by atoms with Gasteiger partial charge in [0.15, 0.2) is 0 Å². The minimum atomic E-state index is -0.768. The maximum Gasteiger partial charge on any atom is 0.420 e. The molecule has 1 aromatic carbocycles. The minimum Gasteiger partial charge on any atom is -0.494 e. The van der Waals surface area contributed by atoms with Gasteiger partial charge in [-0.1, -0.05) is 13.3 Å². The molecule has 0 radical (unpaired) electrons. The number of nitrogens with zero attached hydrogens (tertiary/aromatic N) is 5. The number of hydrogen-bond acceptors (Lipinski definition) is 8. The lowest BCUT2D eigenvalue weighted by molar-refractivity contribution is 0.0206. The summed E-state index contributed by atoms with van der Waals surface area (Å²) >= 11 is 0. The molecular weight excluding hydrogens is 572 g/mol. The number of nitrogens with one attached hydrogen (secondary N) is 1. The van der Waals surface area contributed by atoms with E-state index < -0.39 is 17.3 Å². The number of likely N-dealkylation sites (tertiary alicyclic amines) is 1. The highest BCUT2D eigenvalue weighted by molar-refractivity contribution is 5.98. The van der Waals surface area contributed by atoms with Gasteiger partial charge in [0.2, 0.25) is 0 Å². The fourth-order valence-corrected chi connectivity index (χ4v) is 5.44. The van der Waals surface area contributed by atoms with Crippen LogP contribution < -0.4 is 15.0 Å². The Balaban J connectivity index is 1.88. The van der Waals surface area contributed by atoms with Crippen LogP contribution in [0.2, 0.25) is 0 Å². The average Bonchev–Trinajstić information content (AvgIpc) is 3.43. The quantitative estimate of drug-likeness (QED) is 0.276. The predicted octanol–water partition coefficient (Wildman–Crippen LogP) is 7.44. The molecule has 2 aromatic heterocycles. The topological polar surface area (TPSA) is 121 Å². The van der Waals surface area contributed by atoms with E-state index in [1.54, 1.807) is 21.7 Å². The summed E-state index contributed by atoms with van der Waals surface area (Å²) in [5, 5.41) is 18.7. The monoisotopic (exact) mass is 618 g/mol. The van der Waals surface area contributed by atoms with Crippen LogP contribution in [-0.4, -0.2) is 63.6 Å². The third kappa shape index (κ3) is 7.98. The first-order valence-electron chi connectivity index (χ1n) is 15.7. The van der Waals surface area contributed by atoms with Crippen LogP contribution in [0, 0.1) is 11.3 Å². The van der Waals surface area contributed by atoms with Gasteiger partial charge in [-0.05, 0) is 98.1 Å². The van der Waals surface area contributed by atoms with Crippen molar-refractivity contribution in [1.29, 1.82) is 5.26 Å². The Labute approximate surface area is 266 Å². The van der Waals surface area contributed by atoms with Crippen LogP contribution >= 0.6 is 0 Å². The zero-order valence-corrected chi connectivity index (χ0v) is 27.8. The standard InChI is InChI=1S/C34H46N6O5/c1-9-12-26-29(37-23-13-11-20-38(22-23)31(41)44-33(3,4)5)27(21-35)28-18-19-36-40(28)30(26)39(32(42)45-34(6,7)8)24-14-16-25(17-15-24)43-10-2/h14-19,23,37H,9-13,20,22H2,1-8H3/t23-/m0/s1. The zero-order valence-electron chi connectivity index (χ0n) is 27.8. The minimum absolute atomic E-state index is 0.146. The largest absolute Gasteiger partial charge is 0.494 e. The van der Waals surface area contributed by atoms with Gasteiger partial charge in [0.1, 0.15) is 34.4 Å². The summed E-state index contributed by atoms with van der Waals surface area (Å²) in [7, 11) is 0. The molecule has 0 bridgehead atoms. The first-order chi connectivity index (χ1) is 21.3. The van der Waals surface area contributed by atoms with E-state index in [2.05, 4.69) is 16.5 Å². The number of piperidine rings is 1. The summed E-state index contributed by atoms with van der Waals surface area (Å²) in [5.41, 5.74) is 1.53. The Morgan fingerprint density at radius 2 is 1.76 bits per heavy atom. The van der Waals surface area contributed by atoms with Gasteiger partial charge < -0.3 is 24.4 Å². The van der Waals surface area contributed by atoms with Gasteiger partial charge in [-0.3, -0.25) is 0 Å². The molecule has 1 atom stereocenters. The molecule has 3 aromatic rings. The van der Waals surface area contributed by atoms with Gasteiger partial charge in [-0.15, -0.1) is 0 Å². The molecule has 0 spiro atoms. The maximum absolute atomic E-state index is 14.1. The summed E-state index contributed by atoms with van der Waals surface area (Å²) in [5.74, 6) is 1.16. The van der Waals surface area contributed by atoms with Crippen molar-refractivity contribution in [2.24, 2.45) is 0 Å². The van der Waals surface area contributed by atoms with Crippen molar-refractivity contribution in [2.75, 3.05) is 29.9 Å². The lowest BCUT2D eigenvalue weighted by atomic mass is 10.00. The number of nitriles is 1. The number of amides is 2. The second-order valence-electron chi connectivity index (χ2n) is 13.2. The highest BCUT2D eigenvalue weighted by Gasteiger charge is 2.34. The molecule has 1 aliphatic rings. The molecule has 2 amide bonds. The van der Waals surface area contributed by atoms with Crippen LogP contribution in [0.1, 0.15) is 85.8 Å². The summed E-state index contributed by atoms with van der Waals surface area (Å²) in [6, 6.07) is 11.3. The van der Waals surface area contributed by atoms with Crippen LogP contribution in [-0.2, 0) is 15.9 Å². The molecule has 11 heteroatoms. The third-order valence-corrected chi connectivity index (χ3v) is 7.15. The van der Waals surface area contributed by atoms with Crippen molar-refractivity contribution < 1.29 is 23.8 Å². The van der Waals surface area contributed by atoms with Crippen molar-refractivity contribution in [2.45, 2.75) is 98.3 Å². The van der Waals surface area contributed by atoms with E-state index >= 15 is 0 Å². The lowest BCUT2D eigenvalue weighted by Crippen LogP contribution is -2.47. The van der Waals surface area contributed by atoms with E-state index in [-0.39, 0.29) is 12.1 Å². The molecule has 0 saturated carbocycles. The van der Waals surface area contributed by atoms with E-state index in [4.69, 9.17) is 14.2 Å². The van der Waals surface area contributed by atoms with Crippen molar-refractivity contribution in [3.8, 4) is 11.8 Å². The van der Waals surface area contributed by atoms with Gasteiger partial charge in [0.05, 0.1) is 29.7 Å². The highest BCUT2D eigenvalue weighted by atomic mass is 16.6. The molecule has 242 valence electrons. The fourth-order valence-electron chi connectivity index (χ4n) is 5.44. The number of hydrogen-bond donors (Lipinski definition) is 1. The molecule has 11 nitrogen and oxygen atoms in total. The Morgan fingerprint density at radius 3 is 2.36 bits per heavy atom. The molecule has 1 saturated heterocycles. The third-order valence-electron chi connectivity index (χ3n) is 7.15. The summed E-state index contributed by atoms with van der Waals surface area (Å²) in [6.07, 6.45) is 3.53. The fraction of sp³-hybridized carbons (Fsp3) is 0.529. The Bertz CT molecular complexity index is 1540. The Morgan fingerprint density at radius 1 is 1.07 bits per heavy atom. The number of ether oxygens (including phenoxy) is 3. The molecule has 1 aliphatic heterocycles. The number of aromatic nitrogens is 2. The molecule has 0 aliphatic carbocycles. The molecule has 0 unspecified atom stereocenters. The second-order valence-corrected chi connectivity index (χ2v) is 13.2. The molecular formula is C34H46N6O5. The molecule has 45 heavy (non-hydrogen) atoms. The van der Waals surface area contributed by atoms with E-state index in [0.717, 1.165) is 24.8 Å². The molecule has 1 N–H and O–H groups in total. The average molecular weight is 619 g/mol. The SMILES string of the molecule is CCCc1c(N[C@H]2CCCN(C(=O)OC(C)(C)C)C2)c(C#N)c2ccnn2c1N(C(=O)OC(C)(C)C)c1ccc(OCC)cc1. The summed E-state index contributed by atoms with van der Waals surface area (Å²) < 4.78 is 18.9. The van der Waals surface area contributed by atoms with Gasteiger partial charge in [0.25, 0.3) is 0 Å². The van der Waals surface area contributed by atoms with Crippen LogP contribution in [0.15, 0.2) is 36.5 Å². The number of carbonyl (C=O) groups excluding carboxylic acids is 2. The van der Waals surface area contributed by atoms with Gasteiger partial charge in [-0.2, -0.15) is 10.4 Å². The smallest absolute Gasteiger partial charge is 0.420 e. The normalized spacial score (nSPS) is 15.4. The van der Waals surface area contributed by atoms with Crippen molar-refractivity contribution in [3.63, 3.8) is 0 Å². The predicted molar refractivity (Wildman–Crippen MR) is 174 cm³/mol.